The number of carbonyl (C=O) groups is 2. The summed E-state index contributed by atoms with van der Waals surface area (Å²) in [4.78, 5) is 32.7. The van der Waals surface area contributed by atoms with Crippen molar-refractivity contribution in [3.8, 4) is 0 Å². The Bertz CT molecular complexity index is 946. The van der Waals surface area contributed by atoms with E-state index in [0.29, 0.717) is 38.5 Å². The van der Waals surface area contributed by atoms with Crippen molar-refractivity contribution in [2.75, 3.05) is 37.7 Å². The summed E-state index contributed by atoms with van der Waals surface area (Å²) >= 11 is 0. The molecule has 0 atom stereocenters. The molecule has 0 bridgehead atoms. The quantitative estimate of drug-likeness (QED) is 0.583. The highest BCUT2D eigenvalue weighted by molar-refractivity contribution is 5.88. The van der Waals surface area contributed by atoms with Gasteiger partial charge in [0.1, 0.15) is 11.6 Å². The van der Waals surface area contributed by atoms with Crippen LogP contribution in [0, 0.1) is 0 Å². The lowest BCUT2D eigenvalue weighted by molar-refractivity contribution is -0.134. The molecule has 1 saturated heterocycles. The molecular weight excluding hydrogens is 374 g/mol. The van der Waals surface area contributed by atoms with Crippen LogP contribution in [0.25, 0.3) is 0 Å². The van der Waals surface area contributed by atoms with Crippen LogP contribution in [0.15, 0.2) is 59.4 Å². The Hall–Kier alpha value is -3.62. The third-order valence-corrected chi connectivity index (χ3v) is 4.67. The maximum atomic E-state index is 12.4. The summed E-state index contributed by atoms with van der Waals surface area (Å²) in [7, 11) is 0. The van der Waals surface area contributed by atoms with Gasteiger partial charge in [-0.25, -0.2) is 9.78 Å². The Morgan fingerprint density at radius 3 is 2.62 bits per heavy atom. The number of nitrogens with zero attached hydrogens (tertiary/aromatic N) is 5. The summed E-state index contributed by atoms with van der Waals surface area (Å²) < 4.78 is 12.3. The minimum atomic E-state index is -0.655. The molecule has 9 heteroatoms. The fraction of sp³-hybridized carbons (Fsp3) is 0.300. The maximum Gasteiger partial charge on any atom is 0.374 e. The van der Waals surface area contributed by atoms with E-state index in [0.717, 1.165) is 5.82 Å². The number of esters is 1. The highest BCUT2D eigenvalue weighted by Crippen LogP contribution is 2.13. The Balaban J connectivity index is 1.23. The number of ether oxygens (including phenoxy) is 1. The zero-order valence-electron chi connectivity index (χ0n) is 15.8. The van der Waals surface area contributed by atoms with Crippen LogP contribution in [0.4, 0.5) is 5.82 Å². The van der Waals surface area contributed by atoms with Gasteiger partial charge in [0, 0.05) is 44.8 Å². The van der Waals surface area contributed by atoms with E-state index in [-0.39, 0.29) is 18.3 Å². The molecule has 0 aliphatic carbocycles. The van der Waals surface area contributed by atoms with Crippen LogP contribution < -0.4 is 4.90 Å². The van der Waals surface area contributed by atoms with Crippen molar-refractivity contribution in [3.05, 3.63) is 66.5 Å². The molecule has 3 aromatic rings. The molecule has 1 aliphatic rings. The zero-order chi connectivity index (χ0) is 20.1. The number of anilines is 1. The summed E-state index contributed by atoms with van der Waals surface area (Å²) in [5.41, 5.74) is 0. The van der Waals surface area contributed by atoms with Crippen LogP contribution in [0.2, 0.25) is 0 Å². The molecule has 3 aromatic heterocycles. The molecule has 0 aromatic carbocycles. The Morgan fingerprint density at radius 1 is 1.03 bits per heavy atom. The highest BCUT2D eigenvalue weighted by Gasteiger charge is 2.23. The van der Waals surface area contributed by atoms with E-state index in [9.17, 15) is 9.59 Å². The second-order valence-corrected chi connectivity index (χ2v) is 6.60. The normalized spacial score (nSPS) is 14.1. The highest BCUT2D eigenvalue weighted by atomic mass is 16.5. The molecule has 29 heavy (non-hydrogen) atoms. The first-order chi connectivity index (χ1) is 14.2. The lowest BCUT2D eigenvalue weighted by atomic mass is 10.3. The van der Waals surface area contributed by atoms with Crippen molar-refractivity contribution in [2.24, 2.45) is 0 Å². The zero-order valence-corrected chi connectivity index (χ0v) is 15.8. The first-order valence-corrected chi connectivity index (χ1v) is 9.36. The van der Waals surface area contributed by atoms with Crippen molar-refractivity contribution in [1.82, 2.24) is 19.7 Å². The molecule has 1 aliphatic heterocycles. The average molecular weight is 395 g/mol. The fourth-order valence-corrected chi connectivity index (χ4v) is 3.14. The summed E-state index contributed by atoms with van der Waals surface area (Å²) in [6.07, 6.45) is 5.22. The topological polar surface area (TPSA) is 93.7 Å². The van der Waals surface area contributed by atoms with Crippen LogP contribution in [0.1, 0.15) is 16.3 Å². The monoisotopic (exact) mass is 395 g/mol. The van der Waals surface area contributed by atoms with Crippen molar-refractivity contribution < 1.29 is 18.7 Å². The molecule has 0 N–H and O–H groups in total. The molecule has 150 valence electrons. The van der Waals surface area contributed by atoms with Crippen molar-refractivity contribution in [3.63, 3.8) is 0 Å². The van der Waals surface area contributed by atoms with Crippen LogP contribution in [0.5, 0.6) is 0 Å². The first-order valence-electron chi connectivity index (χ1n) is 9.36. The molecule has 0 saturated carbocycles. The number of pyridine rings is 1. The van der Waals surface area contributed by atoms with Crippen LogP contribution >= 0.6 is 0 Å². The molecule has 0 spiro atoms. The smallest absolute Gasteiger partial charge is 0.374 e. The number of rotatable bonds is 6. The maximum absolute atomic E-state index is 12.4. The van der Waals surface area contributed by atoms with Crippen molar-refractivity contribution in [2.45, 2.75) is 6.54 Å². The van der Waals surface area contributed by atoms with Gasteiger partial charge in [0.05, 0.1) is 6.54 Å². The van der Waals surface area contributed by atoms with Crippen LogP contribution in [0.3, 0.4) is 0 Å². The summed E-state index contributed by atoms with van der Waals surface area (Å²) in [6, 6.07) is 10.8. The fourth-order valence-electron chi connectivity index (χ4n) is 3.14. The predicted molar refractivity (Wildman–Crippen MR) is 103 cm³/mol. The molecule has 1 fully saturated rings. The molecule has 0 radical (unpaired) electrons. The lowest BCUT2D eigenvalue weighted by Crippen LogP contribution is -2.50. The summed E-state index contributed by atoms with van der Waals surface area (Å²) in [6.45, 7) is 2.60. The molecule has 4 heterocycles. The minimum absolute atomic E-state index is 0.0694. The number of carbonyl (C=O) groups excluding carboxylic acids is 2. The van der Waals surface area contributed by atoms with Crippen LogP contribution in [-0.2, 0) is 16.1 Å². The van der Waals surface area contributed by atoms with E-state index in [2.05, 4.69) is 15.0 Å². The standard InChI is InChI=1S/C20H21N5O4/c26-19(24-12-10-23(11-13-24)18-4-1-2-7-21-18)15-28-20(27)17-6-5-16(29-17)14-25-9-3-8-22-25/h1-9H,10-15H2. The van der Waals surface area contributed by atoms with E-state index in [1.807, 2.05) is 18.2 Å². The number of furan rings is 1. The van der Waals surface area contributed by atoms with Gasteiger partial charge in [-0.15, -0.1) is 0 Å². The molecule has 9 nitrogen and oxygen atoms in total. The third kappa shape index (κ3) is 4.63. The number of hydrogen-bond acceptors (Lipinski definition) is 7. The number of amides is 1. The molecular formula is C20H21N5O4. The number of piperazine rings is 1. The van der Waals surface area contributed by atoms with Gasteiger partial charge in [0.15, 0.2) is 6.61 Å². The SMILES string of the molecule is O=C(OCC(=O)N1CCN(c2ccccn2)CC1)c1ccc(Cn2cccn2)o1. The minimum Gasteiger partial charge on any atom is -0.452 e. The summed E-state index contributed by atoms with van der Waals surface area (Å²) in [5, 5.41) is 4.08. The molecule has 4 rings (SSSR count). The van der Waals surface area contributed by atoms with Gasteiger partial charge in [-0.1, -0.05) is 6.07 Å². The van der Waals surface area contributed by atoms with Crippen molar-refractivity contribution >= 4 is 17.7 Å². The van der Waals surface area contributed by atoms with E-state index in [1.165, 1.54) is 6.07 Å². The average Bonchev–Trinajstić information content (AvgIpc) is 3.45. The van der Waals surface area contributed by atoms with Crippen LogP contribution in [-0.4, -0.2) is 64.3 Å². The second-order valence-electron chi connectivity index (χ2n) is 6.60. The Labute approximate surface area is 167 Å². The van der Waals surface area contributed by atoms with Gasteiger partial charge in [-0.2, -0.15) is 5.10 Å². The molecule has 1 amide bonds. The first kappa shape index (κ1) is 18.7. The number of aromatic nitrogens is 3. The largest absolute Gasteiger partial charge is 0.452 e. The van der Waals surface area contributed by atoms with Gasteiger partial charge in [0.2, 0.25) is 5.76 Å². The van der Waals surface area contributed by atoms with Gasteiger partial charge in [-0.05, 0) is 30.3 Å². The van der Waals surface area contributed by atoms with E-state index >= 15 is 0 Å². The lowest BCUT2D eigenvalue weighted by Gasteiger charge is -2.35. The summed E-state index contributed by atoms with van der Waals surface area (Å²) in [5.74, 6) is 0.673. The number of hydrogen-bond donors (Lipinski definition) is 0. The van der Waals surface area contributed by atoms with Gasteiger partial charge < -0.3 is 19.0 Å². The molecule has 0 unspecified atom stereocenters. The van der Waals surface area contributed by atoms with E-state index in [1.54, 1.807) is 40.3 Å². The van der Waals surface area contributed by atoms with Gasteiger partial charge in [0.25, 0.3) is 5.91 Å². The van der Waals surface area contributed by atoms with Gasteiger partial charge >= 0.3 is 5.97 Å². The Kier molecular flexibility index (Phi) is 5.55. The van der Waals surface area contributed by atoms with E-state index in [4.69, 9.17) is 9.15 Å². The van der Waals surface area contributed by atoms with Crippen molar-refractivity contribution in [1.29, 1.82) is 0 Å². The predicted octanol–water partition coefficient (Wildman–Crippen LogP) is 1.42. The van der Waals surface area contributed by atoms with E-state index < -0.39 is 5.97 Å². The Morgan fingerprint density at radius 2 is 1.90 bits per heavy atom. The van der Waals surface area contributed by atoms with Gasteiger partial charge in [-0.3, -0.25) is 9.48 Å². The third-order valence-electron chi connectivity index (χ3n) is 4.67. The second kappa shape index (κ2) is 8.59.